The summed E-state index contributed by atoms with van der Waals surface area (Å²) in [6.45, 7) is 1.81. The molecule has 0 radical (unpaired) electrons. The van der Waals surface area contributed by atoms with Crippen molar-refractivity contribution in [1.29, 1.82) is 0 Å². The molecule has 0 aromatic carbocycles. The van der Waals surface area contributed by atoms with Crippen molar-refractivity contribution < 1.29 is 4.52 Å². The smallest absolute Gasteiger partial charge is 0.243 e. The van der Waals surface area contributed by atoms with E-state index in [9.17, 15) is 0 Å². The third-order valence-corrected chi connectivity index (χ3v) is 2.33. The van der Waals surface area contributed by atoms with Gasteiger partial charge < -0.3 is 10.3 Å². The third-order valence-electron chi connectivity index (χ3n) is 1.70. The van der Waals surface area contributed by atoms with Gasteiger partial charge in [0.25, 0.3) is 0 Å². The Morgan fingerprint density at radius 3 is 2.93 bits per heavy atom. The van der Waals surface area contributed by atoms with Crippen molar-refractivity contribution in [2.75, 3.05) is 0 Å². The van der Waals surface area contributed by atoms with Crippen LogP contribution >= 0.6 is 23.7 Å². The predicted molar refractivity (Wildman–Crippen MR) is 59.1 cm³/mol. The molecule has 7 heteroatoms. The zero-order valence-corrected chi connectivity index (χ0v) is 9.72. The van der Waals surface area contributed by atoms with Crippen LogP contribution in [0.3, 0.4) is 0 Å². The van der Waals surface area contributed by atoms with Crippen LogP contribution in [0.4, 0.5) is 0 Å². The molecule has 5 nitrogen and oxygen atoms in total. The lowest BCUT2D eigenvalue weighted by Crippen LogP contribution is -2.05. The summed E-state index contributed by atoms with van der Waals surface area (Å²) in [5.41, 5.74) is 8.32. The van der Waals surface area contributed by atoms with Gasteiger partial charge in [-0.15, -0.1) is 23.7 Å². The fourth-order valence-corrected chi connectivity index (χ4v) is 1.57. The maximum Gasteiger partial charge on any atom is 0.243 e. The average molecular weight is 247 g/mol. The van der Waals surface area contributed by atoms with Gasteiger partial charge in [0.2, 0.25) is 5.89 Å². The second kappa shape index (κ2) is 5.20. The molecule has 0 amide bonds. The average Bonchev–Trinajstić information content (AvgIpc) is 2.75. The second-order valence-electron chi connectivity index (χ2n) is 2.99. The number of hydrogen-bond donors (Lipinski definition) is 1. The number of nitrogens with two attached hydrogens (primary N) is 1. The predicted octanol–water partition coefficient (Wildman–Crippen LogP) is 1.56. The van der Waals surface area contributed by atoms with Gasteiger partial charge >= 0.3 is 0 Å². The fraction of sp³-hybridized carbons (Fsp3) is 0.375. The highest BCUT2D eigenvalue weighted by Crippen LogP contribution is 2.10. The summed E-state index contributed by atoms with van der Waals surface area (Å²) in [4.78, 5) is 8.28. The van der Waals surface area contributed by atoms with Crippen molar-refractivity contribution in [2.45, 2.75) is 19.4 Å². The van der Waals surface area contributed by atoms with Crippen LogP contribution in [0.1, 0.15) is 30.4 Å². The van der Waals surface area contributed by atoms with Crippen molar-refractivity contribution >= 4 is 23.7 Å². The van der Waals surface area contributed by atoms with Gasteiger partial charge in [0.05, 0.1) is 23.7 Å². The standard InChI is InChI=1S/C8H10N4OS.ClH/c1-5(9)8-11-7(12-13-8)2-6-3-14-4-10-6;/h3-5H,2,9H2,1H3;1H/t5-;/m0./s1. The molecule has 0 unspecified atom stereocenters. The summed E-state index contributed by atoms with van der Waals surface area (Å²) < 4.78 is 4.96. The molecule has 2 N–H and O–H groups in total. The Labute approximate surface area is 97.1 Å². The van der Waals surface area contributed by atoms with E-state index in [2.05, 4.69) is 15.1 Å². The lowest BCUT2D eigenvalue weighted by molar-refractivity contribution is 0.357. The first-order valence-corrected chi connectivity index (χ1v) is 5.15. The van der Waals surface area contributed by atoms with Crippen molar-refractivity contribution in [2.24, 2.45) is 5.73 Å². The Kier molecular flexibility index (Phi) is 4.19. The number of thiazole rings is 1. The highest BCUT2D eigenvalue weighted by Gasteiger charge is 2.10. The number of rotatable bonds is 3. The van der Waals surface area contributed by atoms with Gasteiger partial charge in [-0.2, -0.15) is 4.98 Å². The van der Waals surface area contributed by atoms with Crippen LogP contribution in [-0.4, -0.2) is 15.1 Å². The Balaban J connectivity index is 0.00000112. The number of halogens is 1. The first-order valence-electron chi connectivity index (χ1n) is 4.21. The SMILES string of the molecule is C[C@H](N)c1nc(Cc2cscn2)no1.Cl. The second-order valence-corrected chi connectivity index (χ2v) is 3.71. The number of nitrogens with zero attached hydrogens (tertiary/aromatic N) is 3. The zero-order valence-electron chi connectivity index (χ0n) is 8.08. The molecule has 1 atom stereocenters. The van der Waals surface area contributed by atoms with Crippen molar-refractivity contribution in [3.63, 3.8) is 0 Å². The minimum Gasteiger partial charge on any atom is -0.338 e. The summed E-state index contributed by atoms with van der Waals surface area (Å²) in [5.74, 6) is 1.10. The summed E-state index contributed by atoms with van der Waals surface area (Å²) >= 11 is 1.55. The fourth-order valence-electron chi connectivity index (χ4n) is 1.01. The molecular weight excluding hydrogens is 236 g/mol. The molecule has 0 fully saturated rings. The van der Waals surface area contributed by atoms with Crippen LogP contribution < -0.4 is 5.73 Å². The highest BCUT2D eigenvalue weighted by atomic mass is 35.5. The maximum atomic E-state index is 5.59. The van der Waals surface area contributed by atoms with Crippen LogP contribution in [0.25, 0.3) is 0 Å². The molecule has 0 aliphatic rings. The molecule has 2 aromatic rings. The van der Waals surface area contributed by atoms with E-state index in [1.807, 2.05) is 5.38 Å². The van der Waals surface area contributed by atoms with Crippen LogP contribution in [-0.2, 0) is 6.42 Å². The normalized spacial score (nSPS) is 12.1. The van der Waals surface area contributed by atoms with Gasteiger partial charge in [0, 0.05) is 5.38 Å². The molecule has 0 saturated heterocycles. The summed E-state index contributed by atoms with van der Waals surface area (Å²) in [6.07, 6.45) is 0.597. The van der Waals surface area contributed by atoms with Crippen molar-refractivity contribution in [3.8, 4) is 0 Å². The van der Waals surface area contributed by atoms with Crippen molar-refractivity contribution in [1.82, 2.24) is 15.1 Å². The van der Waals surface area contributed by atoms with Gasteiger partial charge in [0.15, 0.2) is 5.82 Å². The molecule has 0 aliphatic heterocycles. The molecular formula is C8H11ClN4OS. The largest absolute Gasteiger partial charge is 0.338 e. The molecule has 0 bridgehead atoms. The number of aromatic nitrogens is 3. The minimum atomic E-state index is -0.216. The van der Waals surface area contributed by atoms with E-state index in [1.54, 1.807) is 23.8 Å². The van der Waals surface area contributed by atoms with E-state index in [4.69, 9.17) is 10.3 Å². The van der Waals surface area contributed by atoms with Gasteiger partial charge in [-0.05, 0) is 6.92 Å². The highest BCUT2D eigenvalue weighted by molar-refractivity contribution is 7.07. The van der Waals surface area contributed by atoms with E-state index < -0.39 is 0 Å². The quantitative estimate of drug-likeness (QED) is 0.889. The van der Waals surface area contributed by atoms with Gasteiger partial charge in [-0.3, -0.25) is 0 Å². The molecule has 0 aliphatic carbocycles. The Morgan fingerprint density at radius 1 is 1.60 bits per heavy atom. The lowest BCUT2D eigenvalue weighted by Gasteiger charge is -1.92. The molecule has 0 spiro atoms. The Morgan fingerprint density at radius 2 is 2.40 bits per heavy atom. The molecule has 2 heterocycles. The Bertz CT molecular complexity index is 400. The minimum absolute atomic E-state index is 0. The zero-order chi connectivity index (χ0) is 9.97. The van der Waals surface area contributed by atoms with Crippen LogP contribution in [0.15, 0.2) is 15.4 Å². The van der Waals surface area contributed by atoms with Crippen LogP contribution in [0.2, 0.25) is 0 Å². The van der Waals surface area contributed by atoms with E-state index in [0.29, 0.717) is 18.1 Å². The third kappa shape index (κ3) is 2.98. The summed E-state index contributed by atoms with van der Waals surface area (Å²) in [6, 6.07) is -0.216. The lowest BCUT2D eigenvalue weighted by atomic mass is 10.3. The number of hydrogen-bond acceptors (Lipinski definition) is 6. The van der Waals surface area contributed by atoms with E-state index >= 15 is 0 Å². The van der Waals surface area contributed by atoms with Crippen LogP contribution in [0, 0.1) is 0 Å². The monoisotopic (exact) mass is 246 g/mol. The Hall–Kier alpha value is -0.980. The molecule has 15 heavy (non-hydrogen) atoms. The molecule has 2 rings (SSSR count). The first kappa shape index (κ1) is 12.1. The summed E-state index contributed by atoms with van der Waals surface area (Å²) in [7, 11) is 0. The summed E-state index contributed by atoms with van der Waals surface area (Å²) in [5, 5.41) is 5.77. The molecule has 0 saturated carbocycles. The van der Waals surface area contributed by atoms with E-state index in [0.717, 1.165) is 5.69 Å². The van der Waals surface area contributed by atoms with Crippen LogP contribution in [0.5, 0.6) is 0 Å². The van der Waals surface area contributed by atoms with Gasteiger partial charge in [0.1, 0.15) is 0 Å². The maximum absolute atomic E-state index is 5.59. The first-order chi connectivity index (χ1) is 6.75. The molecule has 2 aromatic heterocycles. The van der Waals surface area contributed by atoms with Gasteiger partial charge in [-0.1, -0.05) is 5.16 Å². The van der Waals surface area contributed by atoms with E-state index in [1.165, 1.54) is 0 Å². The van der Waals surface area contributed by atoms with Gasteiger partial charge in [-0.25, -0.2) is 4.98 Å². The van der Waals surface area contributed by atoms with Crippen molar-refractivity contribution in [3.05, 3.63) is 28.3 Å². The topological polar surface area (TPSA) is 77.8 Å². The molecule has 82 valence electrons. The van der Waals surface area contributed by atoms with E-state index in [-0.39, 0.29) is 18.4 Å².